The predicted molar refractivity (Wildman–Crippen MR) is 74.4 cm³/mol. The second kappa shape index (κ2) is 6.98. The molecular formula is C11H19N3OS2. The summed E-state index contributed by atoms with van der Waals surface area (Å²) in [5, 5.41) is 5.79. The summed E-state index contributed by atoms with van der Waals surface area (Å²) >= 11 is 3.25. The number of nitrogens with two attached hydrogens (primary N) is 1. The van der Waals surface area contributed by atoms with E-state index in [0.717, 1.165) is 16.5 Å². The first-order valence-electron chi connectivity index (χ1n) is 5.51. The van der Waals surface area contributed by atoms with Gasteiger partial charge in [-0.25, -0.2) is 4.98 Å². The molecule has 0 aliphatic carbocycles. The Kier molecular flexibility index (Phi) is 5.94. The summed E-state index contributed by atoms with van der Waals surface area (Å²) in [5.74, 6) is 0.804. The number of nitrogens with zero attached hydrogens (tertiary/aromatic N) is 1. The normalized spacial score (nSPS) is 14.4. The molecule has 0 radical (unpaired) electrons. The van der Waals surface area contributed by atoms with E-state index >= 15 is 0 Å². The van der Waals surface area contributed by atoms with Crippen LogP contribution in [0.1, 0.15) is 30.1 Å². The predicted octanol–water partition coefficient (Wildman–Crippen LogP) is 1.71. The van der Waals surface area contributed by atoms with E-state index in [4.69, 9.17) is 5.73 Å². The van der Waals surface area contributed by atoms with Crippen LogP contribution in [0.15, 0.2) is 5.38 Å². The lowest BCUT2D eigenvalue weighted by atomic mass is 10.2. The van der Waals surface area contributed by atoms with Crippen molar-refractivity contribution in [3.8, 4) is 0 Å². The maximum atomic E-state index is 11.8. The zero-order valence-electron chi connectivity index (χ0n) is 10.4. The largest absolute Gasteiger partial charge is 0.346 e. The summed E-state index contributed by atoms with van der Waals surface area (Å²) in [4.78, 5) is 16.1. The number of amides is 1. The van der Waals surface area contributed by atoms with Crippen LogP contribution in [0.4, 0.5) is 0 Å². The SMILES string of the molecule is CSCC[C@@H](N)C(=O)NC(C)c1nc(C)cs1. The number of nitrogens with one attached hydrogen (secondary N) is 1. The van der Waals surface area contributed by atoms with Crippen molar-refractivity contribution in [3.05, 3.63) is 16.1 Å². The molecule has 1 aromatic rings. The number of thioether (sulfide) groups is 1. The number of aryl methyl sites for hydroxylation is 1. The third-order valence-electron chi connectivity index (χ3n) is 2.34. The number of hydrogen-bond acceptors (Lipinski definition) is 5. The minimum absolute atomic E-state index is 0.0680. The Bertz CT molecular complexity index is 367. The minimum Gasteiger partial charge on any atom is -0.346 e. The van der Waals surface area contributed by atoms with Crippen molar-refractivity contribution in [2.24, 2.45) is 5.73 Å². The monoisotopic (exact) mass is 273 g/mol. The Morgan fingerprint density at radius 1 is 1.71 bits per heavy atom. The lowest BCUT2D eigenvalue weighted by Gasteiger charge is -2.15. The Labute approximate surface area is 110 Å². The highest BCUT2D eigenvalue weighted by Crippen LogP contribution is 2.17. The first-order valence-corrected chi connectivity index (χ1v) is 7.79. The van der Waals surface area contributed by atoms with Crippen LogP contribution in [-0.2, 0) is 4.79 Å². The topological polar surface area (TPSA) is 68.0 Å². The van der Waals surface area contributed by atoms with Crippen molar-refractivity contribution in [1.82, 2.24) is 10.3 Å². The van der Waals surface area contributed by atoms with Crippen LogP contribution in [0.5, 0.6) is 0 Å². The van der Waals surface area contributed by atoms with Crippen molar-refractivity contribution in [2.75, 3.05) is 12.0 Å². The fraction of sp³-hybridized carbons (Fsp3) is 0.636. The number of thiazole rings is 1. The molecule has 4 nitrogen and oxygen atoms in total. The number of rotatable bonds is 6. The molecule has 0 aliphatic rings. The van der Waals surface area contributed by atoms with Crippen LogP contribution in [0.2, 0.25) is 0 Å². The second-order valence-electron chi connectivity index (χ2n) is 3.95. The first kappa shape index (κ1) is 14.5. The van der Waals surface area contributed by atoms with Crippen LogP contribution in [-0.4, -0.2) is 28.9 Å². The van der Waals surface area contributed by atoms with E-state index in [0.29, 0.717) is 6.42 Å². The van der Waals surface area contributed by atoms with Gasteiger partial charge in [-0.15, -0.1) is 11.3 Å². The van der Waals surface area contributed by atoms with Crippen LogP contribution in [0.3, 0.4) is 0 Å². The van der Waals surface area contributed by atoms with Crippen LogP contribution >= 0.6 is 23.1 Å². The van der Waals surface area contributed by atoms with Crippen molar-refractivity contribution in [2.45, 2.75) is 32.4 Å². The van der Waals surface area contributed by atoms with Gasteiger partial charge in [0.05, 0.1) is 12.1 Å². The molecule has 0 bridgehead atoms. The van der Waals surface area contributed by atoms with Gasteiger partial charge in [-0.05, 0) is 32.3 Å². The molecule has 96 valence electrons. The average Bonchev–Trinajstić information content (AvgIpc) is 2.72. The summed E-state index contributed by atoms with van der Waals surface area (Å²) in [6, 6.07) is -0.493. The van der Waals surface area contributed by atoms with E-state index in [2.05, 4.69) is 10.3 Å². The van der Waals surface area contributed by atoms with Gasteiger partial charge in [0, 0.05) is 11.1 Å². The molecule has 6 heteroatoms. The number of carbonyl (C=O) groups is 1. The molecule has 1 unspecified atom stereocenters. The Hall–Kier alpha value is -0.590. The molecule has 2 atom stereocenters. The first-order chi connectivity index (χ1) is 8.04. The van der Waals surface area contributed by atoms with E-state index in [1.54, 1.807) is 23.1 Å². The molecule has 17 heavy (non-hydrogen) atoms. The highest BCUT2D eigenvalue weighted by Gasteiger charge is 2.17. The van der Waals surface area contributed by atoms with Crippen LogP contribution in [0, 0.1) is 6.92 Å². The third-order valence-corrected chi connectivity index (χ3v) is 4.12. The van der Waals surface area contributed by atoms with Gasteiger partial charge in [0.25, 0.3) is 0 Å². The van der Waals surface area contributed by atoms with Gasteiger partial charge in [0.2, 0.25) is 5.91 Å². The smallest absolute Gasteiger partial charge is 0.237 e. The van der Waals surface area contributed by atoms with E-state index in [1.807, 2.05) is 25.5 Å². The highest BCUT2D eigenvalue weighted by atomic mass is 32.2. The van der Waals surface area contributed by atoms with Crippen LogP contribution in [0.25, 0.3) is 0 Å². The van der Waals surface area contributed by atoms with E-state index in [1.165, 1.54) is 0 Å². The quantitative estimate of drug-likeness (QED) is 0.828. The van der Waals surface area contributed by atoms with Gasteiger partial charge in [-0.3, -0.25) is 4.79 Å². The van der Waals surface area contributed by atoms with E-state index in [9.17, 15) is 4.79 Å². The van der Waals surface area contributed by atoms with Crippen LogP contribution < -0.4 is 11.1 Å². The molecule has 0 saturated heterocycles. The summed E-state index contributed by atoms with van der Waals surface area (Å²) in [6.07, 6.45) is 2.71. The Balaban J connectivity index is 2.45. The standard InChI is InChI=1S/C11H19N3OS2/c1-7-6-17-11(13-7)8(2)14-10(15)9(12)4-5-16-3/h6,8-9H,4-5,12H2,1-3H3,(H,14,15)/t8?,9-/m1/s1. The molecule has 1 rings (SSSR count). The number of carbonyl (C=O) groups excluding carboxylic acids is 1. The third kappa shape index (κ3) is 4.65. The number of aromatic nitrogens is 1. The molecule has 1 heterocycles. The molecular weight excluding hydrogens is 254 g/mol. The summed E-state index contributed by atoms with van der Waals surface area (Å²) < 4.78 is 0. The lowest BCUT2D eigenvalue weighted by Crippen LogP contribution is -2.41. The van der Waals surface area contributed by atoms with Gasteiger partial charge in [0.15, 0.2) is 0 Å². The van der Waals surface area contributed by atoms with E-state index in [-0.39, 0.29) is 11.9 Å². The van der Waals surface area contributed by atoms with Gasteiger partial charge in [0.1, 0.15) is 5.01 Å². The fourth-order valence-corrected chi connectivity index (χ4v) is 2.62. The summed E-state index contributed by atoms with van der Waals surface area (Å²) in [5.41, 5.74) is 6.78. The highest BCUT2D eigenvalue weighted by molar-refractivity contribution is 7.98. The van der Waals surface area contributed by atoms with Crippen molar-refractivity contribution in [1.29, 1.82) is 0 Å². The average molecular weight is 273 g/mol. The molecule has 0 aliphatic heterocycles. The molecule has 0 aromatic carbocycles. The van der Waals surface area contributed by atoms with Gasteiger partial charge in [-0.2, -0.15) is 11.8 Å². The van der Waals surface area contributed by atoms with Crippen molar-refractivity contribution < 1.29 is 4.79 Å². The molecule has 0 spiro atoms. The van der Waals surface area contributed by atoms with Gasteiger partial charge in [-0.1, -0.05) is 0 Å². The zero-order valence-corrected chi connectivity index (χ0v) is 12.0. The maximum absolute atomic E-state index is 11.8. The summed E-state index contributed by atoms with van der Waals surface area (Å²) in [6.45, 7) is 3.87. The molecule has 0 saturated carbocycles. The lowest BCUT2D eigenvalue weighted by molar-refractivity contribution is -0.123. The molecule has 0 fully saturated rings. The molecule has 1 aromatic heterocycles. The van der Waals surface area contributed by atoms with Gasteiger partial charge < -0.3 is 11.1 Å². The van der Waals surface area contributed by atoms with Crippen molar-refractivity contribution in [3.63, 3.8) is 0 Å². The molecule has 3 N–H and O–H groups in total. The number of hydrogen-bond donors (Lipinski definition) is 2. The zero-order chi connectivity index (χ0) is 12.8. The summed E-state index contributed by atoms with van der Waals surface area (Å²) in [7, 11) is 0. The Morgan fingerprint density at radius 2 is 2.41 bits per heavy atom. The van der Waals surface area contributed by atoms with E-state index < -0.39 is 6.04 Å². The van der Waals surface area contributed by atoms with Gasteiger partial charge >= 0.3 is 0 Å². The van der Waals surface area contributed by atoms with Crippen molar-refractivity contribution >= 4 is 29.0 Å². The Morgan fingerprint density at radius 3 is 2.94 bits per heavy atom. The maximum Gasteiger partial charge on any atom is 0.237 e. The second-order valence-corrected chi connectivity index (χ2v) is 5.82. The minimum atomic E-state index is -0.425. The fourth-order valence-electron chi connectivity index (χ4n) is 1.33. The molecule has 1 amide bonds.